The van der Waals surface area contributed by atoms with Gasteiger partial charge in [0.1, 0.15) is 18.5 Å². The Labute approximate surface area is 186 Å². The number of carbonyl (C=O) groups excluding carboxylic acids is 1. The van der Waals surface area contributed by atoms with E-state index in [4.69, 9.17) is 14.2 Å². The van der Waals surface area contributed by atoms with Gasteiger partial charge in [0.25, 0.3) is 0 Å². The fourth-order valence-corrected chi connectivity index (χ4v) is 4.60. The molecule has 2 heterocycles. The molecule has 1 aromatic rings. The first kappa shape index (κ1) is 24.0. The number of carbonyl (C=O) groups is 1. The number of aliphatic hydroxyl groups is 1. The van der Waals surface area contributed by atoms with E-state index in [1.54, 1.807) is 31.2 Å². The van der Waals surface area contributed by atoms with E-state index < -0.39 is 6.10 Å². The Kier molecular flexibility index (Phi) is 9.14. The lowest BCUT2D eigenvalue weighted by Crippen LogP contribution is -2.48. The molecule has 2 fully saturated rings. The lowest BCUT2D eigenvalue weighted by molar-refractivity contribution is -0.0734. The summed E-state index contributed by atoms with van der Waals surface area (Å²) in [5.74, 6) is 1.02. The van der Waals surface area contributed by atoms with Crippen molar-refractivity contribution >= 4 is 5.97 Å². The van der Waals surface area contributed by atoms with Gasteiger partial charge in [-0.05, 0) is 76.9 Å². The molecule has 174 valence electrons. The van der Waals surface area contributed by atoms with Crippen molar-refractivity contribution in [2.45, 2.75) is 51.9 Å². The SMILES string of the molecule is CCOC(=O)c1ccc(OCC(O)CN2CCC(CN3CC(C)OC(C)C3)CC2)cc1. The number of aliphatic hydroxyl groups excluding tert-OH is 1. The van der Waals surface area contributed by atoms with Gasteiger partial charge >= 0.3 is 5.97 Å². The summed E-state index contributed by atoms with van der Waals surface area (Å²) in [4.78, 5) is 16.6. The molecule has 0 aromatic heterocycles. The summed E-state index contributed by atoms with van der Waals surface area (Å²) in [5, 5.41) is 10.4. The Morgan fingerprint density at radius 3 is 2.39 bits per heavy atom. The summed E-state index contributed by atoms with van der Waals surface area (Å²) < 4.78 is 16.5. The zero-order valence-corrected chi connectivity index (χ0v) is 19.2. The lowest BCUT2D eigenvalue weighted by Gasteiger charge is -2.39. The molecule has 0 bridgehead atoms. The molecule has 2 aliphatic rings. The second-order valence-corrected chi connectivity index (χ2v) is 8.93. The summed E-state index contributed by atoms with van der Waals surface area (Å²) in [6.07, 6.45) is 2.44. The fraction of sp³-hybridized carbons (Fsp3) is 0.708. The number of benzene rings is 1. The van der Waals surface area contributed by atoms with Crippen molar-refractivity contribution in [3.05, 3.63) is 29.8 Å². The Bertz CT molecular complexity index is 665. The molecule has 0 aliphatic carbocycles. The molecule has 0 spiro atoms. The summed E-state index contributed by atoms with van der Waals surface area (Å²) in [6.45, 7) is 12.6. The molecular formula is C24H38N2O5. The second-order valence-electron chi connectivity index (χ2n) is 8.93. The van der Waals surface area contributed by atoms with Crippen LogP contribution in [0.5, 0.6) is 5.75 Å². The number of hydrogen-bond acceptors (Lipinski definition) is 7. The van der Waals surface area contributed by atoms with Crippen LogP contribution in [-0.4, -0.2) is 91.7 Å². The Balaban J connectivity index is 1.33. The molecule has 7 heteroatoms. The monoisotopic (exact) mass is 434 g/mol. The van der Waals surface area contributed by atoms with Crippen molar-refractivity contribution in [3.8, 4) is 5.75 Å². The topological polar surface area (TPSA) is 71.5 Å². The third-order valence-corrected chi connectivity index (χ3v) is 6.00. The third kappa shape index (κ3) is 7.75. The first-order valence-electron chi connectivity index (χ1n) is 11.6. The minimum Gasteiger partial charge on any atom is -0.491 e. The van der Waals surface area contributed by atoms with Crippen molar-refractivity contribution in [2.24, 2.45) is 5.92 Å². The first-order chi connectivity index (χ1) is 14.9. The number of ether oxygens (including phenoxy) is 3. The largest absolute Gasteiger partial charge is 0.491 e. The smallest absolute Gasteiger partial charge is 0.338 e. The highest BCUT2D eigenvalue weighted by atomic mass is 16.5. The Morgan fingerprint density at radius 1 is 1.13 bits per heavy atom. The van der Waals surface area contributed by atoms with Gasteiger partial charge in [0.2, 0.25) is 0 Å². The average Bonchev–Trinajstić information content (AvgIpc) is 2.73. The molecule has 0 radical (unpaired) electrons. The van der Waals surface area contributed by atoms with Crippen LogP contribution < -0.4 is 4.74 Å². The molecule has 0 saturated carbocycles. The Hall–Kier alpha value is -1.67. The Morgan fingerprint density at radius 2 is 1.77 bits per heavy atom. The van der Waals surface area contributed by atoms with Crippen LogP contribution >= 0.6 is 0 Å². The molecule has 3 atom stereocenters. The third-order valence-electron chi connectivity index (χ3n) is 6.00. The molecule has 1 N–H and O–H groups in total. The number of morpholine rings is 1. The average molecular weight is 435 g/mol. The van der Waals surface area contributed by atoms with Crippen LogP contribution in [0.4, 0.5) is 0 Å². The lowest BCUT2D eigenvalue weighted by atomic mass is 9.95. The van der Waals surface area contributed by atoms with E-state index in [1.165, 1.54) is 12.8 Å². The van der Waals surface area contributed by atoms with Gasteiger partial charge < -0.3 is 24.2 Å². The summed E-state index contributed by atoms with van der Waals surface area (Å²) in [7, 11) is 0. The van der Waals surface area contributed by atoms with Gasteiger partial charge in [-0.25, -0.2) is 4.79 Å². The van der Waals surface area contributed by atoms with Crippen LogP contribution in [0.1, 0.15) is 44.0 Å². The van der Waals surface area contributed by atoms with Gasteiger partial charge in [-0.3, -0.25) is 4.90 Å². The van der Waals surface area contributed by atoms with Crippen molar-refractivity contribution in [2.75, 3.05) is 52.5 Å². The van der Waals surface area contributed by atoms with Crippen molar-refractivity contribution in [1.29, 1.82) is 0 Å². The second kappa shape index (κ2) is 11.8. The molecule has 7 nitrogen and oxygen atoms in total. The van der Waals surface area contributed by atoms with Gasteiger partial charge in [0, 0.05) is 26.2 Å². The predicted octanol–water partition coefficient (Wildman–Crippen LogP) is 2.42. The van der Waals surface area contributed by atoms with E-state index >= 15 is 0 Å². The molecule has 3 rings (SSSR count). The van der Waals surface area contributed by atoms with Gasteiger partial charge in [-0.1, -0.05) is 0 Å². The van der Waals surface area contributed by atoms with E-state index in [2.05, 4.69) is 23.6 Å². The normalized spacial score (nSPS) is 24.6. The van der Waals surface area contributed by atoms with E-state index in [-0.39, 0.29) is 12.6 Å². The maximum absolute atomic E-state index is 11.7. The number of esters is 1. The van der Waals surface area contributed by atoms with Gasteiger partial charge in [0.15, 0.2) is 0 Å². The predicted molar refractivity (Wildman–Crippen MR) is 120 cm³/mol. The van der Waals surface area contributed by atoms with E-state index in [0.29, 0.717) is 36.7 Å². The highest BCUT2D eigenvalue weighted by molar-refractivity contribution is 5.89. The molecule has 0 amide bonds. The van der Waals surface area contributed by atoms with Crippen LogP contribution in [0.3, 0.4) is 0 Å². The molecular weight excluding hydrogens is 396 g/mol. The number of hydrogen-bond donors (Lipinski definition) is 1. The van der Waals surface area contributed by atoms with Crippen LogP contribution in [0.15, 0.2) is 24.3 Å². The van der Waals surface area contributed by atoms with Gasteiger partial charge in [0.05, 0.1) is 24.4 Å². The van der Waals surface area contributed by atoms with Crippen molar-refractivity contribution < 1.29 is 24.1 Å². The molecule has 2 aliphatic heterocycles. The molecule has 2 saturated heterocycles. The van der Waals surface area contributed by atoms with E-state index in [9.17, 15) is 9.90 Å². The number of rotatable bonds is 9. The van der Waals surface area contributed by atoms with Crippen LogP contribution in [0.2, 0.25) is 0 Å². The number of likely N-dealkylation sites (tertiary alicyclic amines) is 1. The number of piperidine rings is 1. The standard InChI is InChI=1S/C24H38N2O5/c1-4-29-24(28)21-5-7-23(8-6-21)30-17-22(27)16-25-11-9-20(10-12-25)15-26-13-18(2)31-19(3)14-26/h5-8,18-20,22,27H,4,9-17H2,1-3H3. The molecule has 3 unspecified atom stereocenters. The maximum atomic E-state index is 11.7. The number of β-amino-alcohol motifs (C(OH)–C–C–N with tert-alkyl or cyclic N) is 1. The van der Waals surface area contributed by atoms with Crippen LogP contribution in [0.25, 0.3) is 0 Å². The summed E-state index contributed by atoms with van der Waals surface area (Å²) >= 11 is 0. The highest BCUT2D eigenvalue weighted by Crippen LogP contribution is 2.21. The van der Waals surface area contributed by atoms with E-state index in [1.807, 2.05) is 0 Å². The summed E-state index contributed by atoms with van der Waals surface area (Å²) in [5.41, 5.74) is 0.499. The summed E-state index contributed by atoms with van der Waals surface area (Å²) in [6, 6.07) is 6.83. The van der Waals surface area contributed by atoms with Crippen LogP contribution in [-0.2, 0) is 9.47 Å². The zero-order chi connectivity index (χ0) is 22.2. The maximum Gasteiger partial charge on any atom is 0.338 e. The number of nitrogens with zero attached hydrogens (tertiary/aromatic N) is 2. The molecule has 31 heavy (non-hydrogen) atoms. The van der Waals surface area contributed by atoms with Crippen molar-refractivity contribution in [1.82, 2.24) is 9.80 Å². The van der Waals surface area contributed by atoms with Crippen LogP contribution in [0, 0.1) is 5.92 Å². The fourth-order valence-electron chi connectivity index (χ4n) is 4.60. The molecule has 1 aromatic carbocycles. The first-order valence-corrected chi connectivity index (χ1v) is 11.6. The van der Waals surface area contributed by atoms with Gasteiger partial charge in [-0.2, -0.15) is 0 Å². The van der Waals surface area contributed by atoms with E-state index in [0.717, 1.165) is 38.6 Å². The highest BCUT2D eigenvalue weighted by Gasteiger charge is 2.27. The van der Waals surface area contributed by atoms with Gasteiger partial charge in [-0.15, -0.1) is 0 Å². The quantitative estimate of drug-likeness (QED) is 0.599. The zero-order valence-electron chi connectivity index (χ0n) is 19.2. The minimum atomic E-state index is -0.540. The minimum absolute atomic E-state index is 0.238. The van der Waals surface area contributed by atoms with Crippen molar-refractivity contribution in [3.63, 3.8) is 0 Å².